The normalized spacial score (nSPS) is 10.7. The average molecular weight is 303 g/mol. The van der Waals surface area contributed by atoms with Gasteiger partial charge in [-0.25, -0.2) is 9.59 Å². The van der Waals surface area contributed by atoms with Gasteiger partial charge in [-0.15, -0.1) is 0 Å². The third-order valence-electron chi connectivity index (χ3n) is 2.59. The Kier molecular flexibility index (Phi) is 8.22. The van der Waals surface area contributed by atoms with Crippen molar-refractivity contribution in [3.8, 4) is 0 Å². The van der Waals surface area contributed by atoms with Crippen LogP contribution in [0, 0.1) is 0 Å². The zero-order valence-corrected chi connectivity index (χ0v) is 12.4. The van der Waals surface area contributed by atoms with Crippen LogP contribution in [-0.4, -0.2) is 54.1 Å². The van der Waals surface area contributed by atoms with Crippen molar-refractivity contribution in [3.63, 3.8) is 0 Å². The van der Waals surface area contributed by atoms with E-state index in [4.69, 9.17) is 14.6 Å². The van der Waals surface area contributed by atoms with Gasteiger partial charge in [0.25, 0.3) is 0 Å². The van der Waals surface area contributed by atoms with E-state index in [9.17, 15) is 19.2 Å². The highest BCUT2D eigenvalue weighted by molar-refractivity contribution is 6.08. The maximum Gasteiger partial charge on any atom is 0.343 e. The molecule has 0 spiro atoms. The smallest absolute Gasteiger partial charge is 0.343 e. The quantitative estimate of drug-likeness (QED) is 0.428. The van der Waals surface area contributed by atoms with E-state index in [1.54, 1.807) is 13.8 Å². The van der Waals surface area contributed by atoms with Crippen LogP contribution in [0.2, 0.25) is 0 Å². The highest BCUT2D eigenvalue weighted by atomic mass is 16.6. The number of Topliss-reactive ketones (excluding diaryl/α,β-unsaturated/α-hetero) is 1. The van der Waals surface area contributed by atoms with Crippen molar-refractivity contribution in [2.24, 2.45) is 0 Å². The first kappa shape index (κ1) is 19.0. The van der Waals surface area contributed by atoms with Crippen LogP contribution in [0.3, 0.4) is 0 Å². The zero-order chi connectivity index (χ0) is 16.5. The summed E-state index contributed by atoms with van der Waals surface area (Å²) in [6.07, 6.45) is -0.627. The second-order valence-electron chi connectivity index (χ2n) is 4.22. The van der Waals surface area contributed by atoms with Gasteiger partial charge in [0.2, 0.25) is 11.4 Å². The van der Waals surface area contributed by atoms with E-state index < -0.39 is 35.8 Å². The van der Waals surface area contributed by atoms with Gasteiger partial charge in [0.1, 0.15) is 6.61 Å². The molecule has 2 N–H and O–H groups in total. The van der Waals surface area contributed by atoms with Crippen LogP contribution < -0.4 is 5.32 Å². The van der Waals surface area contributed by atoms with Gasteiger partial charge in [-0.1, -0.05) is 0 Å². The van der Waals surface area contributed by atoms with Crippen molar-refractivity contribution in [2.45, 2.75) is 39.2 Å². The number of hydrogen-bond donors (Lipinski definition) is 2. The summed E-state index contributed by atoms with van der Waals surface area (Å²) in [7, 11) is 0. The molecule has 0 saturated carbocycles. The van der Waals surface area contributed by atoms with Crippen molar-refractivity contribution in [1.82, 2.24) is 5.32 Å². The fourth-order valence-corrected chi connectivity index (χ4v) is 1.67. The number of nitrogens with one attached hydrogen (secondary N) is 1. The molecule has 8 nitrogen and oxygen atoms in total. The lowest BCUT2D eigenvalue weighted by molar-refractivity contribution is -0.168. The number of carbonyl (C=O) groups excluding carboxylic acids is 4. The minimum absolute atomic E-state index is 0.00643. The number of aliphatic hydroxyl groups is 1. The number of aliphatic hydroxyl groups excluding tert-OH is 1. The first-order chi connectivity index (χ1) is 9.83. The summed E-state index contributed by atoms with van der Waals surface area (Å²) in [4.78, 5) is 46.8. The number of carbonyl (C=O) groups is 4. The molecule has 0 radical (unpaired) electrons. The molecule has 0 aliphatic rings. The van der Waals surface area contributed by atoms with Gasteiger partial charge < -0.3 is 19.9 Å². The zero-order valence-electron chi connectivity index (χ0n) is 12.4. The molecule has 8 heteroatoms. The standard InChI is InChI=1S/C13H21NO7/c1-4-20-11(18)13(14-9(3)16,12(19)21-5-2)7-6-10(17)8-15/h15H,4-8H2,1-3H3,(H,14,16). The van der Waals surface area contributed by atoms with Crippen LogP contribution in [0.25, 0.3) is 0 Å². The molecule has 0 heterocycles. The van der Waals surface area contributed by atoms with E-state index in [1.807, 2.05) is 0 Å². The lowest BCUT2D eigenvalue weighted by Gasteiger charge is -2.29. The van der Waals surface area contributed by atoms with Gasteiger partial charge in [-0.3, -0.25) is 9.59 Å². The van der Waals surface area contributed by atoms with Crippen molar-refractivity contribution < 1.29 is 33.8 Å². The topological polar surface area (TPSA) is 119 Å². The second kappa shape index (κ2) is 9.06. The third-order valence-corrected chi connectivity index (χ3v) is 2.59. The summed E-state index contributed by atoms with van der Waals surface area (Å²) in [5, 5.41) is 10.9. The van der Waals surface area contributed by atoms with Crippen LogP contribution in [0.4, 0.5) is 0 Å². The van der Waals surface area contributed by atoms with E-state index >= 15 is 0 Å². The average Bonchev–Trinajstić information content (AvgIpc) is 2.42. The molecule has 0 unspecified atom stereocenters. The lowest BCUT2D eigenvalue weighted by atomic mass is 9.91. The van der Waals surface area contributed by atoms with Gasteiger partial charge in [-0.2, -0.15) is 0 Å². The van der Waals surface area contributed by atoms with Gasteiger partial charge in [0.05, 0.1) is 13.2 Å². The van der Waals surface area contributed by atoms with Crippen LogP contribution >= 0.6 is 0 Å². The first-order valence-corrected chi connectivity index (χ1v) is 6.59. The molecule has 0 aliphatic heterocycles. The second-order valence-corrected chi connectivity index (χ2v) is 4.22. The van der Waals surface area contributed by atoms with E-state index in [1.165, 1.54) is 0 Å². The van der Waals surface area contributed by atoms with Crippen LogP contribution in [0.15, 0.2) is 0 Å². The molecule has 120 valence electrons. The predicted molar refractivity (Wildman–Crippen MR) is 71.1 cm³/mol. The van der Waals surface area contributed by atoms with E-state index in [2.05, 4.69) is 5.32 Å². The fraction of sp³-hybridized carbons (Fsp3) is 0.692. The van der Waals surface area contributed by atoms with Gasteiger partial charge in [0, 0.05) is 13.3 Å². The number of amides is 1. The summed E-state index contributed by atoms with van der Waals surface area (Å²) >= 11 is 0. The molecule has 0 rings (SSSR count). The molecule has 21 heavy (non-hydrogen) atoms. The van der Waals surface area contributed by atoms with Crippen molar-refractivity contribution in [3.05, 3.63) is 0 Å². The number of hydrogen-bond acceptors (Lipinski definition) is 7. The van der Waals surface area contributed by atoms with Crippen molar-refractivity contribution in [2.75, 3.05) is 19.8 Å². The van der Waals surface area contributed by atoms with Crippen LogP contribution in [0.5, 0.6) is 0 Å². The summed E-state index contributed by atoms with van der Waals surface area (Å²) in [5.74, 6) is -3.21. The molecule has 0 saturated heterocycles. The Hall–Kier alpha value is -1.96. The van der Waals surface area contributed by atoms with E-state index in [-0.39, 0.29) is 26.1 Å². The first-order valence-electron chi connectivity index (χ1n) is 6.59. The molecule has 0 aromatic rings. The minimum Gasteiger partial charge on any atom is -0.464 e. The van der Waals surface area contributed by atoms with Crippen molar-refractivity contribution >= 4 is 23.6 Å². The molecule has 0 fully saturated rings. The number of esters is 2. The highest BCUT2D eigenvalue weighted by Gasteiger charge is 2.49. The van der Waals surface area contributed by atoms with Crippen LogP contribution in [0.1, 0.15) is 33.6 Å². The summed E-state index contributed by atoms with van der Waals surface area (Å²) in [6.45, 7) is 3.48. The maximum atomic E-state index is 12.1. The Balaban J connectivity index is 5.48. The summed E-state index contributed by atoms with van der Waals surface area (Å²) in [6, 6.07) is 0. The summed E-state index contributed by atoms with van der Waals surface area (Å²) < 4.78 is 9.63. The van der Waals surface area contributed by atoms with Gasteiger partial charge >= 0.3 is 11.9 Å². The molecule has 1 amide bonds. The molecular formula is C13H21NO7. The largest absolute Gasteiger partial charge is 0.464 e. The lowest BCUT2D eigenvalue weighted by Crippen LogP contribution is -2.61. The molecule has 0 bridgehead atoms. The number of ether oxygens (including phenoxy) is 2. The molecule has 0 aromatic heterocycles. The summed E-state index contributed by atoms with van der Waals surface area (Å²) in [5.41, 5.74) is -2.08. The Morgan fingerprint density at radius 1 is 1.05 bits per heavy atom. The SMILES string of the molecule is CCOC(=O)C(CCC(=O)CO)(NC(C)=O)C(=O)OCC. The molecule has 0 aromatic carbocycles. The Labute approximate surface area is 122 Å². The maximum absolute atomic E-state index is 12.1. The van der Waals surface area contributed by atoms with Gasteiger partial charge in [-0.05, 0) is 20.3 Å². The van der Waals surface area contributed by atoms with E-state index in [0.29, 0.717) is 0 Å². The number of rotatable bonds is 9. The third kappa shape index (κ3) is 5.50. The van der Waals surface area contributed by atoms with Crippen molar-refractivity contribution in [1.29, 1.82) is 0 Å². The molecule has 0 aliphatic carbocycles. The Bertz CT molecular complexity index is 387. The molecule has 0 atom stereocenters. The van der Waals surface area contributed by atoms with E-state index in [0.717, 1.165) is 6.92 Å². The predicted octanol–water partition coefficient (Wildman–Crippen LogP) is -0.671. The minimum atomic E-state index is -2.08. The monoisotopic (exact) mass is 303 g/mol. The van der Waals surface area contributed by atoms with Crippen LogP contribution in [-0.2, 0) is 28.7 Å². The molecular weight excluding hydrogens is 282 g/mol. The highest BCUT2D eigenvalue weighted by Crippen LogP contribution is 2.19. The Morgan fingerprint density at radius 2 is 1.52 bits per heavy atom. The fourth-order valence-electron chi connectivity index (χ4n) is 1.67. The number of ketones is 1. The Morgan fingerprint density at radius 3 is 1.86 bits per heavy atom. The van der Waals surface area contributed by atoms with Gasteiger partial charge in [0.15, 0.2) is 5.78 Å².